The van der Waals surface area contributed by atoms with Crippen molar-refractivity contribution < 1.29 is 18.7 Å². The highest BCUT2D eigenvalue weighted by Gasteiger charge is 2.14. The van der Waals surface area contributed by atoms with Gasteiger partial charge in [0.25, 0.3) is 5.91 Å². The standard InChI is InChI=1S/C17H18N4O4/c1-23-11-5-6-13(24-2)12(10-11)17(22)18-8-7-15-19-16(21-20-15)14-4-3-9-25-14/h3-6,9-10H,7-8H2,1-2H3,(H,18,22)(H,19,20,21). The van der Waals surface area contributed by atoms with Crippen LogP contribution in [0.2, 0.25) is 0 Å². The summed E-state index contributed by atoms with van der Waals surface area (Å²) < 4.78 is 15.6. The minimum absolute atomic E-state index is 0.249. The highest BCUT2D eigenvalue weighted by molar-refractivity contribution is 5.97. The molecule has 130 valence electrons. The van der Waals surface area contributed by atoms with Crippen molar-refractivity contribution in [3.8, 4) is 23.1 Å². The monoisotopic (exact) mass is 342 g/mol. The first-order valence-electron chi connectivity index (χ1n) is 7.66. The highest BCUT2D eigenvalue weighted by Crippen LogP contribution is 2.23. The molecule has 0 aliphatic carbocycles. The van der Waals surface area contributed by atoms with Crippen LogP contribution in [0, 0.1) is 0 Å². The van der Waals surface area contributed by atoms with E-state index < -0.39 is 0 Å². The third-order valence-corrected chi connectivity index (χ3v) is 3.57. The molecule has 2 aromatic heterocycles. The molecule has 8 nitrogen and oxygen atoms in total. The first kappa shape index (κ1) is 16.6. The molecule has 0 spiro atoms. The summed E-state index contributed by atoms with van der Waals surface area (Å²) in [6.45, 7) is 0.395. The number of rotatable bonds is 7. The van der Waals surface area contributed by atoms with Crippen LogP contribution < -0.4 is 14.8 Å². The average molecular weight is 342 g/mol. The fraction of sp³-hybridized carbons (Fsp3) is 0.235. The molecule has 2 N–H and O–H groups in total. The van der Waals surface area contributed by atoms with Crippen LogP contribution >= 0.6 is 0 Å². The molecule has 2 heterocycles. The number of hydrogen-bond donors (Lipinski definition) is 2. The third-order valence-electron chi connectivity index (χ3n) is 3.57. The molecular weight excluding hydrogens is 324 g/mol. The van der Waals surface area contributed by atoms with Crippen molar-refractivity contribution in [1.29, 1.82) is 0 Å². The SMILES string of the molecule is COc1ccc(OC)c(C(=O)NCCc2nc(-c3ccco3)n[nH]2)c1. The van der Waals surface area contributed by atoms with E-state index in [1.54, 1.807) is 43.7 Å². The van der Waals surface area contributed by atoms with Crippen LogP contribution in [0.15, 0.2) is 41.0 Å². The normalized spacial score (nSPS) is 10.5. The molecule has 0 saturated carbocycles. The van der Waals surface area contributed by atoms with Gasteiger partial charge >= 0.3 is 0 Å². The van der Waals surface area contributed by atoms with Crippen molar-refractivity contribution in [3.05, 3.63) is 48.0 Å². The molecule has 0 radical (unpaired) electrons. The van der Waals surface area contributed by atoms with Gasteiger partial charge in [0.2, 0.25) is 5.82 Å². The lowest BCUT2D eigenvalue weighted by Gasteiger charge is -2.10. The second kappa shape index (κ2) is 7.52. The van der Waals surface area contributed by atoms with Gasteiger partial charge in [-0.1, -0.05) is 0 Å². The van der Waals surface area contributed by atoms with E-state index in [-0.39, 0.29) is 5.91 Å². The fourth-order valence-electron chi connectivity index (χ4n) is 2.30. The molecular formula is C17H18N4O4. The van der Waals surface area contributed by atoms with E-state index in [1.807, 2.05) is 0 Å². The van der Waals surface area contributed by atoms with Crippen LogP contribution in [-0.2, 0) is 6.42 Å². The summed E-state index contributed by atoms with van der Waals surface area (Å²) in [5, 5.41) is 9.75. The molecule has 0 aliphatic heterocycles. The van der Waals surface area contributed by atoms with Gasteiger partial charge in [-0.25, -0.2) is 4.98 Å². The highest BCUT2D eigenvalue weighted by atomic mass is 16.5. The van der Waals surface area contributed by atoms with Crippen LogP contribution in [0.25, 0.3) is 11.6 Å². The van der Waals surface area contributed by atoms with Gasteiger partial charge in [0.05, 0.1) is 26.0 Å². The summed E-state index contributed by atoms with van der Waals surface area (Å²) in [7, 11) is 3.06. The topological polar surface area (TPSA) is 102 Å². The third kappa shape index (κ3) is 3.79. The van der Waals surface area contributed by atoms with Gasteiger partial charge in [-0.2, -0.15) is 5.10 Å². The zero-order chi connectivity index (χ0) is 17.6. The Morgan fingerprint density at radius 3 is 2.88 bits per heavy atom. The van der Waals surface area contributed by atoms with Crippen molar-refractivity contribution in [2.75, 3.05) is 20.8 Å². The number of amides is 1. The van der Waals surface area contributed by atoms with Gasteiger partial charge in [0, 0.05) is 13.0 Å². The molecule has 3 aromatic rings. The van der Waals surface area contributed by atoms with Gasteiger partial charge in [0.1, 0.15) is 17.3 Å². The zero-order valence-electron chi connectivity index (χ0n) is 13.9. The first-order chi connectivity index (χ1) is 12.2. The van der Waals surface area contributed by atoms with E-state index >= 15 is 0 Å². The number of hydrogen-bond acceptors (Lipinski definition) is 6. The van der Waals surface area contributed by atoms with Crippen molar-refractivity contribution >= 4 is 5.91 Å². The van der Waals surface area contributed by atoms with Crippen LogP contribution in [0.3, 0.4) is 0 Å². The maximum absolute atomic E-state index is 12.4. The van der Waals surface area contributed by atoms with E-state index in [0.717, 1.165) is 0 Å². The number of aromatic nitrogens is 3. The molecule has 3 rings (SSSR count). The average Bonchev–Trinajstić information content (AvgIpc) is 3.32. The number of ether oxygens (including phenoxy) is 2. The van der Waals surface area contributed by atoms with Crippen molar-refractivity contribution in [2.24, 2.45) is 0 Å². The smallest absolute Gasteiger partial charge is 0.255 e. The second-order valence-corrected chi connectivity index (χ2v) is 5.16. The maximum atomic E-state index is 12.4. The van der Waals surface area contributed by atoms with E-state index in [2.05, 4.69) is 20.5 Å². The summed E-state index contributed by atoms with van der Waals surface area (Å²) in [5.41, 5.74) is 0.413. The van der Waals surface area contributed by atoms with E-state index in [0.29, 0.717) is 47.4 Å². The lowest BCUT2D eigenvalue weighted by Crippen LogP contribution is -2.26. The summed E-state index contributed by atoms with van der Waals surface area (Å²) in [6, 6.07) is 8.62. The predicted octanol–water partition coefficient (Wildman–Crippen LogP) is 2.05. The largest absolute Gasteiger partial charge is 0.497 e. The summed E-state index contributed by atoms with van der Waals surface area (Å²) in [6.07, 6.45) is 2.07. The lowest BCUT2D eigenvalue weighted by atomic mass is 10.1. The maximum Gasteiger partial charge on any atom is 0.255 e. The molecule has 1 aromatic carbocycles. The molecule has 8 heteroatoms. The van der Waals surface area contributed by atoms with E-state index in [1.165, 1.54) is 7.11 Å². The number of methoxy groups -OCH3 is 2. The minimum atomic E-state index is -0.249. The van der Waals surface area contributed by atoms with Crippen molar-refractivity contribution in [3.63, 3.8) is 0 Å². The second-order valence-electron chi connectivity index (χ2n) is 5.16. The quantitative estimate of drug-likeness (QED) is 0.681. The molecule has 25 heavy (non-hydrogen) atoms. The van der Waals surface area contributed by atoms with E-state index in [9.17, 15) is 4.79 Å². The lowest BCUT2D eigenvalue weighted by molar-refractivity contribution is 0.0950. The molecule has 0 atom stereocenters. The van der Waals surface area contributed by atoms with Crippen LogP contribution in [0.1, 0.15) is 16.2 Å². The Labute approximate surface area is 144 Å². The Balaban J connectivity index is 1.60. The Bertz CT molecular complexity index is 842. The van der Waals surface area contributed by atoms with Crippen LogP contribution in [0.5, 0.6) is 11.5 Å². The molecule has 1 amide bonds. The molecule has 0 fully saturated rings. The number of benzene rings is 1. The van der Waals surface area contributed by atoms with Crippen LogP contribution in [-0.4, -0.2) is 41.9 Å². The van der Waals surface area contributed by atoms with Gasteiger partial charge in [-0.05, 0) is 30.3 Å². The summed E-state index contributed by atoms with van der Waals surface area (Å²) in [5.74, 6) is 2.56. The molecule has 0 bridgehead atoms. The van der Waals surface area contributed by atoms with Crippen molar-refractivity contribution in [1.82, 2.24) is 20.5 Å². The Morgan fingerprint density at radius 1 is 1.28 bits per heavy atom. The molecule has 0 saturated heterocycles. The molecule has 0 unspecified atom stereocenters. The Morgan fingerprint density at radius 2 is 2.16 bits per heavy atom. The number of nitrogens with zero attached hydrogens (tertiary/aromatic N) is 2. The Hall–Kier alpha value is -3.29. The number of H-pyrrole nitrogens is 1. The number of nitrogens with one attached hydrogen (secondary N) is 2. The first-order valence-corrected chi connectivity index (χ1v) is 7.66. The fourth-order valence-corrected chi connectivity index (χ4v) is 2.30. The number of carbonyl (C=O) groups is 1. The molecule has 0 aliphatic rings. The van der Waals surface area contributed by atoms with Crippen molar-refractivity contribution in [2.45, 2.75) is 6.42 Å². The predicted molar refractivity (Wildman–Crippen MR) is 89.7 cm³/mol. The van der Waals surface area contributed by atoms with Gasteiger partial charge < -0.3 is 19.2 Å². The van der Waals surface area contributed by atoms with Gasteiger partial charge in [-0.3, -0.25) is 9.89 Å². The van der Waals surface area contributed by atoms with E-state index in [4.69, 9.17) is 13.9 Å². The summed E-state index contributed by atoms with van der Waals surface area (Å²) >= 11 is 0. The zero-order valence-corrected chi connectivity index (χ0v) is 13.9. The van der Waals surface area contributed by atoms with Crippen LogP contribution in [0.4, 0.5) is 0 Å². The van der Waals surface area contributed by atoms with Gasteiger partial charge in [-0.15, -0.1) is 0 Å². The minimum Gasteiger partial charge on any atom is -0.497 e. The number of furan rings is 1. The number of carbonyl (C=O) groups excluding carboxylic acids is 1. The summed E-state index contributed by atoms with van der Waals surface area (Å²) in [4.78, 5) is 16.7. The Kier molecular flexibility index (Phi) is 4.98. The van der Waals surface area contributed by atoms with Gasteiger partial charge in [0.15, 0.2) is 5.76 Å². The number of aromatic amines is 1.